The van der Waals surface area contributed by atoms with Gasteiger partial charge < -0.3 is 4.74 Å². The number of Topliss-reactive ketones (excluding diaryl/α,β-unsaturated/α-hetero) is 1. The Kier molecular flexibility index (Phi) is 7.88. The fourth-order valence-corrected chi connectivity index (χ4v) is 10.9. The van der Waals surface area contributed by atoms with E-state index in [2.05, 4.69) is 0 Å². The fourth-order valence-electron chi connectivity index (χ4n) is 6.05. The Bertz CT molecular complexity index is 1320. The molecule has 38 heavy (non-hydrogen) atoms. The molecule has 1 fully saturated rings. The molecule has 3 nitrogen and oxygen atoms in total. The number of carbonyl (C=O) groups is 2. The minimum absolute atomic E-state index is 0.102. The normalized spacial score (nSPS) is 21.8. The van der Waals surface area contributed by atoms with Crippen molar-refractivity contribution in [1.29, 1.82) is 0 Å². The summed E-state index contributed by atoms with van der Waals surface area (Å²) < 4.78 is 5.80. The third-order valence-corrected chi connectivity index (χ3v) is 13.3. The van der Waals surface area contributed by atoms with E-state index < -0.39 is 29.1 Å². The molecule has 0 unspecified atom stereocenters. The van der Waals surface area contributed by atoms with Gasteiger partial charge in [0.25, 0.3) is 0 Å². The summed E-state index contributed by atoms with van der Waals surface area (Å²) in [5.74, 6) is -0.825. The van der Waals surface area contributed by atoms with Crippen LogP contribution < -0.4 is 15.9 Å². The monoisotopic (exact) mass is 566 g/mol. The topological polar surface area (TPSA) is 43.4 Å². The summed E-state index contributed by atoms with van der Waals surface area (Å²) in [4.78, 5) is 29.2. The Labute approximate surface area is 235 Å². The molecule has 0 N–H and O–H groups in total. The van der Waals surface area contributed by atoms with Crippen LogP contribution in [0.4, 0.5) is 0 Å². The molecule has 0 bridgehead atoms. The number of allylic oxidation sites excluding steroid dienone is 1. The predicted octanol–water partition coefficient (Wildman–Crippen LogP) is 6.66. The van der Waals surface area contributed by atoms with Crippen LogP contribution in [0.1, 0.15) is 34.6 Å². The van der Waals surface area contributed by atoms with Crippen molar-refractivity contribution in [2.45, 2.75) is 34.6 Å². The van der Waals surface area contributed by atoms with Crippen LogP contribution in [0.2, 0.25) is 0 Å². The molecule has 3 aromatic rings. The van der Waals surface area contributed by atoms with Crippen LogP contribution in [0.15, 0.2) is 102 Å². The van der Waals surface area contributed by atoms with E-state index >= 15 is 4.79 Å². The Morgan fingerprint density at radius 1 is 0.763 bits per heavy atom. The van der Waals surface area contributed by atoms with Gasteiger partial charge in [0, 0.05) is 10.8 Å². The summed E-state index contributed by atoms with van der Waals surface area (Å²) in [6.45, 7) is 6.85. The number of carbonyl (C=O) groups excluding carboxylic acids is 2. The summed E-state index contributed by atoms with van der Waals surface area (Å²) in [5.41, 5.74) is -2.16. The van der Waals surface area contributed by atoms with E-state index in [-0.39, 0.29) is 22.2 Å². The maximum Gasteiger partial charge on any atom is 0.342 e. The zero-order valence-corrected chi connectivity index (χ0v) is 24.8. The van der Waals surface area contributed by atoms with Gasteiger partial charge in [0.15, 0.2) is 5.78 Å². The zero-order chi connectivity index (χ0) is 27.8. The highest BCUT2D eigenvalue weighted by molar-refractivity contribution is 7.97. The Hall–Kier alpha value is -2.58. The lowest BCUT2D eigenvalue weighted by molar-refractivity contribution is -0.135. The second kappa shape index (κ2) is 10.5. The first-order chi connectivity index (χ1) is 18.0. The molecule has 1 saturated carbocycles. The first-order valence-corrected chi connectivity index (χ1v) is 15.2. The summed E-state index contributed by atoms with van der Waals surface area (Å²) in [6, 6.07) is 29.6. The number of ether oxygens (including phenoxy) is 1. The van der Waals surface area contributed by atoms with E-state index in [1.807, 2.05) is 119 Å². The third-order valence-electron chi connectivity index (χ3n) is 8.83. The number of rotatable bonds is 8. The van der Waals surface area contributed by atoms with Gasteiger partial charge in [0.1, 0.15) is 9.79 Å². The van der Waals surface area contributed by atoms with E-state index in [1.165, 1.54) is 0 Å². The predicted molar refractivity (Wildman–Crippen MR) is 162 cm³/mol. The lowest BCUT2D eigenvalue weighted by atomic mass is 9.89. The molecule has 198 valence electrons. The summed E-state index contributed by atoms with van der Waals surface area (Å²) in [7, 11) is 0. The molecule has 0 heterocycles. The molecule has 3 aromatic carbocycles. The van der Waals surface area contributed by atoms with E-state index in [1.54, 1.807) is 13.0 Å². The van der Waals surface area contributed by atoms with Crippen molar-refractivity contribution in [2.75, 3.05) is 6.61 Å². The Morgan fingerprint density at radius 3 is 1.50 bits per heavy atom. The molecule has 0 radical (unpaired) electrons. The SMILES string of the molecule is CCOC(=O)C(C(=O)[C@]1(C)C(C)(C)[C@@]1(C)C=C(Cl)Cl)=P(c1ccccc1)(c1ccccc1)c1ccccc1. The maximum atomic E-state index is 15.1. The van der Waals surface area contributed by atoms with E-state index in [0.29, 0.717) is 0 Å². The molecule has 0 aliphatic heterocycles. The van der Waals surface area contributed by atoms with Gasteiger partial charge in [-0.25, -0.2) is 4.79 Å². The molecular weight excluding hydrogens is 534 g/mol. The number of hydrogen-bond donors (Lipinski definition) is 0. The average molecular weight is 567 g/mol. The van der Waals surface area contributed by atoms with Gasteiger partial charge in [-0.05, 0) is 41.2 Å². The Morgan fingerprint density at radius 2 is 1.16 bits per heavy atom. The van der Waals surface area contributed by atoms with Crippen molar-refractivity contribution in [3.63, 3.8) is 0 Å². The second-order valence-corrected chi connectivity index (χ2v) is 14.8. The van der Waals surface area contributed by atoms with Gasteiger partial charge in [-0.3, -0.25) is 4.79 Å². The molecule has 1 aliphatic carbocycles. The van der Waals surface area contributed by atoms with Gasteiger partial charge in [0.2, 0.25) is 0 Å². The fraction of sp³-hybridized carbons (Fsp3) is 0.281. The zero-order valence-electron chi connectivity index (χ0n) is 22.4. The van der Waals surface area contributed by atoms with Crippen LogP contribution >= 0.6 is 30.1 Å². The van der Waals surface area contributed by atoms with Gasteiger partial charge >= 0.3 is 5.97 Å². The number of esters is 1. The minimum atomic E-state index is -3.00. The Balaban J connectivity index is 2.25. The lowest BCUT2D eigenvalue weighted by Gasteiger charge is -2.33. The van der Waals surface area contributed by atoms with Crippen molar-refractivity contribution in [2.24, 2.45) is 16.2 Å². The van der Waals surface area contributed by atoms with Crippen LogP contribution in [0.25, 0.3) is 0 Å². The van der Waals surface area contributed by atoms with E-state index in [0.717, 1.165) is 15.9 Å². The molecule has 0 amide bonds. The van der Waals surface area contributed by atoms with Crippen LogP contribution in [0.3, 0.4) is 0 Å². The van der Waals surface area contributed by atoms with Crippen LogP contribution in [-0.2, 0) is 14.3 Å². The van der Waals surface area contributed by atoms with Crippen LogP contribution in [0, 0.1) is 16.2 Å². The van der Waals surface area contributed by atoms with Crippen molar-refractivity contribution in [3.8, 4) is 0 Å². The quantitative estimate of drug-likeness (QED) is 0.174. The molecule has 6 heteroatoms. The highest BCUT2D eigenvalue weighted by Gasteiger charge is 2.80. The van der Waals surface area contributed by atoms with Crippen molar-refractivity contribution >= 4 is 63.0 Å². The molecule has 2 atom stereocenters. The van der Waals surface area contributed by atoms with Crippen molar-refractivity contribution < 1.29 is 14.3 Å². The van der Waals surface area contributed by atoms with Crippen molar-refractivity contribution in [3.05, 3.63) is 102 Å². The highest BCUT2D eigenvalue weighted by Crippen LogP contribution is 2.79. The minimum Gasteiger partial charge on any atom is -0.462 e. The maximum absolute atomic E-state index is 15.1. The standard InChI is InChI=1S/C32H33Cl2O3P/c1-6-37-29(36)27(28(35)32(5)30(2,3)31(32,4)22-26(33)34)38(23-16-10-7-11-17-23,24-18-12-8-13-19-24)25-20-14-9-15-21-25/h7-22H,6H2,1-5H3/t31-,32-/m1/s1. The lowest BCUT2D eigenvalue weighted by Crippen LogP contribution is -2.42. The van der Waals surface area contributed by atoms with Crippen LogP contribution in [-0.4, -0.2) is 23.7 Å². The molecule has 4 rings (SSSR count). The summed E-state index contributed by atoms with van der Waals surface area (Å²) >= 11 is 12.3. The molecule has 1 aliphatic rings. The number of benzene rings is 3. The smallest absolute Gasteiger partial charge is 0.342 e. The second-order valence-electron chi connectivity index (χ2n) is 10.5. The number of hydrogen-bond acceptors (Lipinski definition) is 3. The van der Waals surface area contributed by atoms with E-state index in [9.17, 15) is 4.79 Å². The van der Waals surface area contributed by atoms with Crippen molar-refractivity contribution in [1.82, 2.24) is 0 Å². The van der Waals surface area contributed by atoms with Gasteiger partial charge in [-0.15, -0.1) is 0 Å². The number of ketones is 1. The molecule has 0 saturated heterocycles. The largest absolute Gasteiger partial charge is 0.462 e. The molecule has 0 spiro atoms. The van der Waals surface area contributed by atoms with Crippen LogP contribution in [0.5, 0.6) is 0 Å². The number of halogens is 2. The average Bonchev–Trinajstić information content (AvgIpc) is 3.26. The first kappa shape index (κ1) is 28.4. The molecular formula is C32H33Cl2O3P. The summed E-state index contributed by atoms with van der Waals surface area (Å²) in [6.07, 6.45) is 1.74. The van der Waals surface area contributed by atoms with Gasteiger partial charge in [0.05, 0.1) is 6.61 Å². The third kappa shape index (κ3) is 4.11. The highest BCUT2D eigenvalue weighted by atomic mass is 35.5. The first-order valence-electron chi connectivity index (χ1n) is 12.7. The van der Waals surface area contributed by atoms with Gasteiger partial charge in [-0.2, -0.15) is 0 Å². The molecule has 0 aromatic heterocycles. The van der Waals surface area contributed by atoms with E-state index in [4.69, 9.17) is 27.9 Å². The van der Waals surface area contributed by atoms with Gasteiger partial charge in [-0.1, -0.05) is 142 Å². The summed E-state index contributed by atoms with van der Waals surface area (Å²) in [5, 5.41) is 2.90.